The monoisotopic (exact) mass is 377 g/mol. The molecule has 10 heteroatoms. The van der Waals surface area contributed by atoms with Crippen LogP contribution >= 0.6 is 11.3 Å². The van der Waals surface area contributed by atoms with Crippen molar-refractivity contribution in [2.24, 2.45) is 0 Å². The van der Waals surface area contributed by atoms with Gasteiger partial charge in [0.1, 0.15) is 15.5 Å². The largest absolute Gasteiger partial charge is 0.465 e. The van der Waals surface area contributed by atoms with E-state index in [2.05, 4.69) is 14.2 Å². The number of para-hydroxylation sites is 1. The zero-order chi connectivity index (χ0) is 17.7. The van der Waals surface area contributed by atoms with Gasteiger partial charge < -0.3 is 9.47 Å². The molecule has 1 heterocycles. The van der Waals surface area contributed by atoms with Crippen LogP contribution < -0.4 is 9.46 Å². The van der Waals surface area contributed by atoms with Gasteiger partial charge in [-0.15, -0.1) is 11.3 Å². The minimum Gasteiger partial charge on any atom is -0.465 e. The maximum atomic E-state index is 12.4. The Bertz CT molecular complexity index is 820. The molecular formula is C14H13F2NO5S2. The summed E-state index contributed by atoms with van der Waals surface area (Å²) >= 11 is 0.925. The van der Waals surface area contributed by atoms with E-state index in [0.29, 0.717) is 0 Å². The maximum absolute atomic E-state index is 12.4. The van der Waals surface area contributed by atoms with Gasteiger partial charge in [0.15, 0.2) is 0 Å². The molecule has 0 aliphatic carbocycles. The van der Waals surface area contributed by atoms with Gasteiger partial charge >= 0.3 is 12.6 Å². The van der Waals surface area contributed by atoms with Gasteiger partial charge in [-0.2, -0.15) is 8.78 Å². The number of rotatable bonds is 7. The van der Waals surface area contributed by atoms with Gasteiger partial charge in [-0.05, 0) is 17.5 Å². The van der Waals surface area contributed by atoms with Crippen LogP contribution in [0.4, 0.5) is 8.78 Å². The molecule has 0 amide bonds. The van der Waals surface area contributed by atoms with Crippen molar-refractivity contribution >= 4 is 27.3 Å². The first-order chi connectivity index (χ1) is 11.3. The SMILES string of the molecule is COC(=O)c1sccc1S(=O)(=O)NCc1ccccc1OC(F)F. The molecule has 0 bridgehead atoms. The number of ether oxygens (including phenoxy) is 2. The Hall–Kier alpha value is -2.04. The van der Waals surface area contributed by atoms with E-state index in [0.717, 1.165) is 18.4 Å². The van der Waals surface area contributed by atoms with Crippen molar-refractivity contribution in [1.29, 1.82) is 0 Å². The Morgan fingerprint density at radius 3 is 2.67 bits per heavy atom. The van der Waals surface area contributed by atoms with E-state index >= 15 is 0 Å². The van der Waals surface area contributed by atoms with Gasteiger partial charge in [-0.1, -0.05) is 18.2 Å². The molecule has 2 aromatic rings. The van der Waals surface area contributed by atoms with Crippen LogP contribution in [-0.2, 0) is 21.3 Å². The molecule has 0 unspecified atom stereocenters. The van der Waals surface area contributed by atoms with E-state index in [9.17, 15) is 22.0 Å². The van der Waals surface area contributed by atoms with Crippen molar-refractivity contribution in [2.75, 3.05) is 7.11 Å². The molecule has 6 nitrogen and oxygen atoms in total. The molecule has 0 aliphatic rings. The highest BCUT2D eigenvalue weighted by Gasteiger charge is 2.24. The second-order valence-electron chi connectivity index (χ2n) is 4.42. The number of hydrogen-bond donors (Lipinski definition) is 1. The van der Waals surface area contributed by atoms with Gasteiger partial charge in [-0.3, -0.25) is 0 Å². The number of benzene rings is 1. The van der Waals surface area contributed by atoms with E-state index in [1.54, 1.807) is 6.07 Å². The second kappa shape index (κ2) is 7.69. The van der Waals surface area contributed by atoms with Gasteiger partial charge in [0.05, 0.1) is 7.11 Å². The fourth-order valence-corrected chi connectivity index (χ4v) is 4.20. The summed E-state index contributed by atoms with van der Waals surface area (Å²) in [5, 5.41) is 1.44. The molecule has 1 aromatic carbocycles. The number of hydrogen-bond acceptors (Lipinski definition) is 6. The van der Waals surface area contributed by atoms with Crippen LogP contribution in [0.1, 0.15) is 15.2 Å². The number of alkyl halides is 2. The third-order valence-electron chi connectivity index (χ3n) is 2.93. The summed E-state index contributed by atoms with van der Waals surface area (Å²) in [4.78, 5) is 11.3. The zero-order valence-corrected chi connectivity index (χ0v) is 14.0. The Morgan fingerprint density at radius 2 is 2.00 bits per heavy atom. The summed E-state index contributed by atoms with van der Waals surface area (Å²) in [6.07, 6.45) is 0. The molecular weight excluding hydrogens is 364 g/mol. The van der Waals surface area contributed by atoms with Crippen LogP contribution in [0.3, 0.4) is 0 Å². The third-order valence-corrected chi connectivity index (χ3v) is 5.40. The van der Waals surface area contributed by atoms with Gasteiger partial charge in [0.25, 0.3) is 0 Å². The number of thiophene rings is 1. The highest BCUT2D eigenvalue weighted by atomic mass is 32.2. The lowest BCUT2D eigenvalue weighted by molar-refractivity contribution is -0.0504. The summed E-state index contributed by atoms with van der Waals surface area (Å²) in [7, 11) is -2.89. The minimum atomic E-state index is -4.03. The molecule has 0 fully saturated rings. The van der Waals surface area contributed by atoms with Gasteiger partial charge in [0, 0.05) is 12.1 Å². The van der Waals surface area contributed by atoms with E-state index in [1.807, 2.05) is 0 Å². The van der Waals surface area contributed by atoms with Crippen LogP contribution in [0, 0.1) is 0 Å². The number of sulfonamides is 1. The molecule has 0 spiro atoms. The Morgan fingerprint density at radius 1 is 1.29 bits per heavy atom. The highest BCUT2D eigenvalue weighted by Crippen LogP contribution is 2.24. The first-order valence-corrected chi connectivity index (χ1v) is 8.89. The second-order valence-corrected chi connectivity index (χ2v) is 7.07. The number of methoxy groups -OCH3 is 1. The number of nitrogens with one attached hydrogen (secondary N) is 1. The molecule has 1 N–H and O–H groups in total. The van der Waals surface area contributed by atoms with Gasteiger partial charge in [0.2, 0.25) is 10.0 Å². The third kappa shape index (κ3) is 4.28. The summed E-state index contributed by atoms with van der Waals surface area (Å²) in [5.41, 5.74) is 0.233. The fourth-order valence-electron chi connectivity index (χ4n) is 1.86. The standard InChI is InChI=1S/C14H13F2NO5S2/c1-21-13(18)12-11(6-7-23-12)24(19,20)17-8-9-4-2-3-5-10(9)22-14(15)16/h2-7,14,17H,8H2,1H3. The summed E-state index contributed by atoms with van der Waals surface area (Å²) in [5.74, 6) is -0.902. The van der Waals surface area contributed by atoms with Crippen LogP contribution in [-0.4, -0.2) is 28.1 Å². The summed E-state index contributed by atoms with van der Waals surface area (Å²) in [6, 6.07) is 7.08. The molecule has 1 aromatic heterocycles. The van der Waals surface area contributed by atoms with E-state index in [-0.39, 0.29) is 27.6 Å². The van der Waals surface area contributed by atoms with E-state index < -0.39 is 22.6 Å². The van der Waals surface area contributed by atoms with Gasteiger partial charge in [-0.25, -0.2) is 17.9 Å². The van der Waals surface area contributed by atoms with Crippen molar-refractivity contribution in [3.8, 4) is 5.75 Å². The van der Waals surface area contributed by atoms with Crippen LogP contribution in [0.5, 0.6) is 5.75 Å². The van der Waals surface area contributed by atoms with Crippen LogP contribution in [0.2, 0.25) is 0 Å². The van der Waals surface area contributed by atoms with Crippen molar-refractivity contribution in [2.45, 2.75) is 18.1 Å². The molecule has 130 valence electrons. The predicted molar refractivity (Wildman–Crippen MR) is 82.8 cm³/mol. The van der Waals surface area contributed by atoms with E-state index in [4.69, 9.17) is 0 Å². The minimum absolute atomic E-state index is 0.0675. The molecule has 24 heavy (non-hydrogen) atoms. The quantitative estimate of drug-likeness (QED) is 0.750. The first-order valence-electron chi connectivity index (χ1n) is 6.53. The van der Waals surface area contributed by atoms with Crippen molar-refractivity contribution in [3.63, 3.8) is 0 Å². The smallest absolute Gasteiger partial charge is 0.387 e. The zero-order valence-electron chi connectivity index (χ0n) is 12.4. The topological polar surface area (TPSA) is 81.7 Å². The first kappa shape index (κ1) is 18.3. The molecule has 0 aliphatic heterocycles. The molecule has 0 atom stereocenters. The molecule has 0 saturated heterocycles. The average Bonchev–Trinajstić information content (AvgIpc) is 3.03. The predicted octanol–water partition coefficient (Wildman–Crippen LogP) is 2.61. The Balaban J connectivity index is 2.20. The molecule has 0 saturated carbocycles. The normalized spacial score (nSPS) is 11.5. The Labute approximate surface area is 141 Å². The lowest BCUT2D eigenvalue weighted by Gasteiger charge is -2.11. The lowest BCUT2D eigenvalue weighted by Crippen LogP contribution is -2.25. The van der Waals surface area contributed by atoms with Crippen molar-refractivity contribution in [3.05, 3.63) is 46.2 Å². The Kier molecular flexibility index (Phi) is 5.86. The lowest BCUT2D eigenvalue weighted by atomic mass is 10.2. The molecule has 2 rings (SSSR count). The number of esters is 1. The summed E-state index contributed by atoms with van der Waals surface area (Å²) < 4.78 is 60.5. The van der Waals surface area contributed by atoms with Crippen molar-refractivity contribution in [1.82, 2.24) is 4.72 Å². The number of halogens is 2. The number of carbonyl (C=O) groups is 1. The van der Waals surface area contributed by atoms with Crippen LogP contribution in [0.25, 0.3) is 0 Å². The fraction of sp³-hybridized carbons (Fsp3) is 0.214. The maximum Gasteiger partial charge on any atom is 0.387 e. The van der Waals surface area contributed by atoms with E-state index in [1.165, 1.54) is 29.6 Å². The molecule has 0 radical (unpaired) electrons. The van der Waals surface area contributed by atoms with Crippen molar-refractivity contribution < 1.29 is 31.5 Å². The highest BCUT2D eigenvalue weighted by molar-refractivity contribution is 7.89. The summed E-state index contributed by atoms with van der Waals surface area (Å²) in [6.45, 7) is -3.30. The average molecular weight is 377 g/mol. The van der Waals surface area contributed by atoms with Crippen LogP contribution in [0.15, 0.2) is 40.6 Å². The number of carbonyl (C=O) groups excluding carboxylic acids is 1.